The van der Waals surface area contributed by atoms with E-state index in [2.05, 4.69) is 0 Å². The zero-order valence-corrected chi connectivity index (χ0v) is 12.9. The number of carbonyl (C=O) groups is 2. The molecule has 0 saturated heterocycles. The molecule has 4 rings (SSSR count). The predicted octanol–water partition coefficient (Wildman–Crippen LogP) is 3.79. The minimum absolute atomic E-state index is 0.231. The number of rotatable bonds is 4. The summed E-state index contributed by atoms with van der Waals surface area (Å²) in [6, 6.07) is 20.5. The van der Waals surface area contributed by atoms with Crippen molar-refractivity contribution in [3.8, 4) is 11.3 Å². The highest BCUT2D eigenvalue weighted by Crippen LogP contribution is 2.25. The van der Waals surface area contributed by atoms with Gasteiger partial charge in [-0.05, 0) is 24.3 Å². The molecule has 2 amide bonds. The summed E-state index contributed by atoms with van der Waals surface area (Å²) in [6.45, 7) is 0.314. The first-order valence-electron chi connectivity index (χ1n) is 7.83. The van der Waals surface area contributed by atoms with Crippen LogP contribution in [0.1, 0.15) is 26.5 Å². The second-order valence-corrected chi connectivity index (χ2v) is 5.69. The smallest absolute Gasteiger partial charge is 0.261 e. The van der Waals surface area contributed by atoms with E-state index in [1.54, 1.807) is 24.3 Å². The van der Waals surface area contributed by atoms with Crippen LogP contribution >= 0.6 is 0 Å². The molecule has 1 aliphatic heterocycles. The number of hydrogen-bond acceptors (Lipinski definition) is 3. The zero-order valence-electron chi connectivity index (χ0n) is 12.9. The SMILES string of the molecule is O=C1c2ccccc2C(=O)N1CCc1ccc(-c2ccccc2)o1. The third-order valence-electron chi connectivity index (χ3n) is 4.18. The van der Waals surface area contributed by atoms with Crippen molar-refractivity contribution < 1.29 is 14.0 Å². The molecule has 0 spiro atoms. The highest BCUT2D eigenvalue weighted by Gasteiger charge is 2.34. The Morgan fingerprint density at radius 1 is 0.750 bits per heavy atom. The van der Waals surface area contributed by atoms with Crippen LogP contribution in [-0.2, 0) is 6.42 Å². The molecule has 0 fully saturated rings. The van der Waals surface area contributed by atoms with Crippen molar-refractivity contribution >= 4 is 11.8 Å². The number of hydrogen-bond donors (Lipinski definition) is 0. The monoisotopic (exact) mass is 317 g/mol. The number of fused-ring (bicyclic) bond motifs is 1. The Kier molecular flexibility index (Phi) is 3.50. The Bertz CT molecular complexity index is 876. The quantitative estimate of drug-likeness (QED) is 0.688. The van der Waals surface area contributed by atoms with Gasteiger partial charge >= 0.3 is 0 Å². The van der Waals surface area contributed by atoms with Gasteiger partial charge in [-0.25, -0.2) is 0 Å². The van der Waals surface area contributed by atoms with Crippen LogP contribution in [0.5, 0.6) is 0 Å². The van der Waals surface area contributed by atoms with Crippen molar-refractivity contribution in [2.75, 3.05) is 6.54 Å². The lowest BCUT2D eigenvalue weighted by Gasteiger charge is -2.12. The molecule has 1 aliphatic rings. The van der Waals surface area contributed by atoms with Crippen molar-refractivity contribution in [3.05, 3.63) is 83.6 Å². The summed E-state index contributed by atoms with van der Waals surface area (Å²) in [6.07, 6.45) is 0.498. The molecule has 24 heavy (non-hydrogen) atoms. The van der Waals surface area contributed by atoms with Crippen LogP contribution in [0.2, 0.25) is 0 Å². The molecule has 2 heterocycles. The largest absolute Gasteiger partial charge is 0.461 e. The van der Waals surface area contributed by atoms with Gasteiger partial charge in [0.25, 0.3) is 11.8 Å². The van der Waals surface area contributed by atoms with Crippen LogP contribution in [0.15, 0.2) is 71.1 Å². The molecule has 0 aliphatic carbocycles. The maximum atomic E-state index is 12.3. The molecule has 0 saturated carbocycles. The molecule has 0 bridgehead atoms. The van der Waals surface area contributed by atoms with Crippen LogP contribution in [0.4, 0.5) is 0 Å². The topological polar surface area (TPSA) is 50.5 Å². The van der Waals surface area contributed by atoms with Crippen molar-refractivity contribution in [1.82, 2.24) is 4.90 Å². The van der Waals surface area contributed by atoms with Gasteiger partial charge in [-0.3, -0.25) is 14.5 Å². The number of furan rings is 1. The van der Waals surface area contributed by atoms with E-state index in [0.29, 0.717) is 24.1 Å². The fourth-order valence-corrected chi connectivity index (χ4v) is 2.93. The van der Waals surface area contributed by atoms with Gasteiger partial charge in [0, 0.05) is 18.5 Å². The maximum Gasteiger partial charge on any atom is 0.261 e. The summed E-state index contributed by atoms with van der Waals surface area (Å²) < 4.78 is 5.83. The summed E-state index contributed by atoms with van der Waals surface area (Å²) in [5.41, 5.74) is 1.96. The minimum atomic E-state index is -0.231. The molecule has 118 valence electrons. The van der Waals surface area contributed by atoms with Crippen LogP contribution in [0, 0.1) is 0 Å². The van der Waals surface area contributed by atoms with E-state index in [0.717, 1.165) is 17.1 Å². The first-order chi connectivity index (χ1) is 11.7. The van der Waals surface area contributed by atoms with Crippen LogP contribution in [0.25, 0.3) is 11.3 Å². The predicted molar refractivity (Wildman–Crippen MR) is 89.7 cm³/mol. The molecule has 1 aromatic heterocycles. The van der Waals surface area contributed by atoms with Gasteiger partial charge in [0.1, 0.15) is 11.5 Å². The summed E-state index contributed by atoms with van der Waals surface area (Å²) in [5.74, 6) is 1.08. The fourth-order valence-electron chi connectivity index (χ4n) is 2.93. The van der Waals surface area contributed by atoms with E-state index < -0.39 is 0 Å². The summed E-state index contributed by atoms with van der Waals surface area (Å²) in [4.78, 5) is 25.9. The van der Waals surface area contributed by atoms with Crippen molar-refractivity contribution in [2.24, 2.45) is 0 Å². The van der Waals surface area contributed by atoms with Crippen LogP contribution in [-0.4, -0.2) is 23.3 Å². The number of benzene rings is 2. The van der Waals surface area contributed by atoms with Gasteiger partial charge in [-0.2, -0.15) is 0 Å². The third-order valence-corrected chi connectivity index (χ3v) is 4.18. The Morgan fingerprint density at radius 2 is 1.38 bits per heavy atom. The van der Waals surface area contributed by atoms with Gasteiger partial charge in [-0.1, -0.05) is 42.5 Å². The van der Waals surface area contributed by atoms with E-state index in [1.807, 2.05) is 42.5 Å². The number of amides is 2. The summed E-state index contributed by atoms with van der Waals surface area (Å²) in [5, 5.41) is 0. The average molecular weight is 317 g/mol. The first kappa shape index (κ1) is 14.5. The number of imide groups is 1. The van der Waals surface area contributed by atoms with E-state index >= 15 is 0 Å². The lowest BCUT2D eigenvalue weighted by atomic mass is 10.1. The second kappa shape index (κ2) is 5.81. The molecule has 0 radical (unpaired) electrons. The summed E-state index contributed by atoms with van der Waals surface area (Å²) in [7, 11) is 0. The average Bonchev–Trinajstić information content (AvgIpc) is 3.19. The Hall–Kier alpha value is -3.14. The lowest BCUT2D eigenvalue weighted by Crippen LogP contribution is -2.31. The van der Waals surface area contributed by atoms with Gasteiger partial charge in [0.15, 0.2) is 0 Å². The zero-order chi connectivity index (χ0) is 16.5. The standard InChI is InChI=1S/C20H15NO3/c22-19-16-8-4-5-9-17(16)20(23)21(19)13-12-15-10-11-18(24-15)14-6-2-1-3-7-14/h1-11H,12-13H2. The van der Waals surface area contributed by atoms with Crippen LogP contribution < -0.4 is 0 Å². The van der Waals surface area contributed by atoms with E-state index in [4.69, 9.17) is 4.42 Å². The highest BCUT2D eigenvalue weighted by atomic mass is 16.3. The van der Waals surface area contributed by atoms with Gasteiger partial charge in [0.05, 0.1) is 11.1 Å². The van der Waals surface area contributed by atoms with Gasteiger partial charge < -0.3 is 4.42 Å². The number of carbonyl (C=O) groups excluding carboxylic acids is 2. The molecule has 0 N–H and O–H groups in total. The summed E-state index contributed by atoms with van der Waals surface area (Å²) >= 11 is 0. The molecule has 4 nitrogen and oxygen atoms in total. The van der Waals surface area contributed by atoms with E-state index in [-0.39, 0.29) is 11.8 Å². The Balaban J connectivity index is 1.48. The third kappa shape index (κ3) is 2.42. The minimum Gasteiger partial charge on any atom is -0.461 e. The second-order valence-electron chi connectivity index (χ2n) is 5.69. The maximum absolute atomic E-state index is 12.3. The van der Waals surface area contributed by atoms with E-state index in [9.17, 15) is 9.59 Å². The van der Waals surface area contributed by atoms with Crippen molar-refractivity contribution in [2.45, 2.75) is 6.42 Å². The molecule has 4 heteroatoms. The van der Waals surface area contributed by atoms with Gasteiger partial charge in [0.2, 0.25) is 0 Å². The Labute approximate surface area is 139 Å². The van der Waals surface area contributed by atoms with Crippen molar-refractivity contribution in [3.63, 3.8) is 0 Å². The van der Waals surface area contributed by atoms with E-state index in [1.165, 1.54) is 4.90 Å². The van der Waals surface area contributed by atoms with Gasteiger partial charge in [-0.15, -0.1) is 0 Å². The molecular formula is C20H15NO3. The normalized spacial score (nSPS) is 13.4. The molecule has 3 aromatic rings. The molecule has 0 atom stereocenters. The highest BCUT2D eigenvalue weighted by molar-refractivity contribution is 6.21. The lowest BCUT2D eigenvalue weighted by molar-refractivity contribution is 0.0654. The number of nitrogens with zero attached hydrogens (tertiary/aromatic N) is 1. The fraction of sp³-hybridized carbons (Fsp3) is 0.100. The molecule has 2 aromatic carbocycles. The Morgan fingerprint density at radius 3 is 2.04 bits per heavy atom. The van der Waals surface area contributed by atoms with Crippen LogP contribution in [0.3, 0.4) is 0 Å². The first-order valence-corrected chi connectivity index (χ1v) is 7.83. The molecule has 0 unspecified atom stereocenters. The van der Waals surface area contributed by atoms with Crippen molar-refractivity contribution in [1.29, 1.82) is 0 Å². The molecular weight excluding hydrogens is 302 g/mol.